The lowest BCUT2D eigenvalue weighted by molar-refractivity contribution is 0.405. The van der Waals surface area contributed by atoms with Crippen molar-refractivity contribution in [1.29, 1.82) is 0 Å². The first-order valence-corrected chi connectivity index (χ1v) is 14.1. The van der Waals surface area contributed by atoms with E-state index >= 15 is 0 Å². The SMILES string of the molecule is C=C(Nc1cncc(-c2ccc3[nH]nc(-c4cc5c(-c6ccsc6)cccc5[nH]4)c3n2)c1)C1CCCCC1. The van der Waals surface area contributed by atoms with Crippen LogP contribution in [0.1, 0.15) is 32.1 Å². The van der Waals surface area contributed by atoms with Gasteiger partial charge in [-0.1, -0.05) is 38.0 Å². The first-order valence-electron chi connectivity index (χ1n) is 13.1. The summed E-state index contributed by atoms with van der Waals surface area (Å²) < 4.78 is 0. The van der Waals surface area contributed by atoms with Crippen LogP contribution in [0.5, 0.6) is 0 Å². The quantitative estimate of drug-likeness (QED) is 0.208. The van der Waals surface area contributed by atoms with Crippen LogP contribution < -0.4 is 5.32 Å². The number of aromatic nitrogens is 5. The minimum atomic E-state index is 0.534. The van der Waals surface area contributed by atoms with Gasteiger partial charge in [-0.15, -0.1) is 0 Å². The summed E-state index contributed by atoms with van der Waals surface area (Å²) in [5, 5.41) is 16.8. The Hall–Kier alpha value is -4.23. The molecule has 0 spiro atoms. The number of H-pyrrole nitrogens is 2. The Kier molecular flexibility index (Phi) is 5.78. The number of pyridine rings is 2. The van der Waals surface area contributed by atoms with E-state index in [1.54, 1.807) is 11.3 Å². The van der Waals surface area contributed by atoms with Gasteiger partial charge in [0.15, 0.2) is 0 Å². The minimum absolute atomic E-state index is 0.534. The van der Waals surface area contributed by atoms with Crippen LogP contribution in [-0.2, 0) is 0 Å². The molecule has 1 fully saturated rings. The van der Waals surface area contributed by atoms with Crippen LogP contribution in [0.15, 0.2) is 84.0 Å². The molecule has 6 aromatic rings. The molecule has 7 rings (SSSR count). The Labute approximate surface area is 224 Å². The van der Waals surface area contributed by atoms with E-state index in [9.17, 15) is 0 Å². The summed E-state index contributed by atoms with van der Waals surface area (Å²) in [4.78, 5) is 13.1. The Balaban J connectivity index is 1.23. The number of anilines is 1. The molecule has 38 heavy (non-hydrogen) atoms. The number of rotatable bonds is 6. The van der Waals surface area contributed by atoms with Gasteiger partial charge in [0.1, 0.15) is 11.2 Å². The number of hydrogen-bond donors (Lipinski definition) is 3. The summed E-state index contributed by atoms with van der Waals surface area (Å²) >= 11 is 1.71. The molecule has 5 aromatic heterocycles. The van der Waals surface area contributed by atoms with Crippen molar-refractivity contribution in [3.8, 4) is 33.8 Å². The molecule has 0 saturated heterocycles. The number of fused-ring (bicyclic) bond motifs is 2. The Bertz CT molecular complexity index is 1750. The summed E-state index contributed by atoms with van der Waals surface area (Å²) in [5.41, 5.74) is 10.8. The molecule has 0 atom stereocenters. The normalized spacial score (nSPS) is 14.3. The number of nitrogens with zero attached hydrogens (tertiary/aromatic N) is 3. The van der Waals surface area contributed by atoms with Crippen molar-refractivity contribution >= 4 is 39.0 Å². The Morgan fingerprint density at radius 1 is 0.974 bits per heavy atom. The number of thiophene rings is 1. The predicted molar refractivity (Wildman–Crippen MR) is 157 cm³/mol. The smallest absolute Gasteiger partial charge is 0.135 e. The largest absolute Gasteiger partial charge is 0.358 e. The number of aromatic amines is 2. The summed E-state index contributed by atoms with van der Waals surface area (Å²) in [5.74, 6) is 0.534. The van der Waals surface area contributed by atoms with Crippen LogP contribution in [0.2, 0.25) is 0 Å². The molecular formula is C31H28N6S. The van der Waals surface area contributed by atoms with Crippen molar-refractivity contribution < 1.29 is 0 Å². The fraction of sp³-hybridized carbons (Fsp3) is 0.194. The summed E-state index contributed by atoms with van der Waals surface area (Å²) in [6.07, 6.45) is 10.0. The molecule has 0 bridgehead atoms. The Morgan fingerprint density at radius 3 is 2.76 bits per heavy atom. The fourth-order valence-corrected chi connectivity index (χ4v) is 6.24. The lowest BCUT2D eigenvalue weighted by Crippen LogP contribution is -2.14. The molecule has 0 amide bonds. The molecule has 188 valence electrons. The van der Waals surface area contributed by atoms with Crippen molar-refractivity contribution in [2.45, 2.75) is 32.1 Å². The van der Waals surface area contributed by atoms with Gasteiger partial charge < -0.3 is 10.3 Å². The zero-order chi connectivity index (χ0) is 25.5. The highest BCUT2D eigenvalue weighted by Gasteiger charge is 2.18. The lowest BCUT2D eigenvalue weighted by atomic mass is 9.87. The van der Waals surface area contributed by atoms with Crippen LogP contribution in [0.25, 0.3) is 55.7 Å². The predicted octanol–water partition coefficient (Wildman–Crippen LogP) is 8.40. The van der Waals surface area contributed by atoms with E-state index in [1.165, 1.54) is 48.6 Å². The number of nitrogens with one attached hydrogen (secondary N) is 3. The van der Waals surface area contributed by atoms with Crippen LogP contribution in [0, 0.1) is 5.92 Å². The number of allylic oxidation sites excluding steroid dienone is 1. The van der Waals surface area contributed by atoms with Gasteiger partial charge in [-0.2, -0.15) is 16.4 Å². The highest BCUT2D eigenvalue weighted by Crippen LogP contribution is 2.35. The van der Waals surface area contributed by atoms with Gasteiger partial charge in [0, 0.05) is 28.4 Å². The molecule has 0 aliphatic heterocycles. The molecule has 1 saturated carbocycles. The van der Waals surface area contributed by atoms with E-state index in [4.69, 9.17) is 4.98 Å². The summed E-state index contributed by atoms with van der Waals surface area (Å²) in [6, 6.07) is 16.8. The zero-order valence-corrected chi connectivity index (χ0v) is 21.8. The highest BCUT2D eigenvalue weighted by molar-refractivity contribution is 7.08. The van der Waals surface area contributed by atoms with Crippen molar-refractivity contribution in [3.63, 3.8) is 0 Å². The summed E-state index contributed by atoms with van der Waals surface area (Å²) in [7, 11) is 0. The van der Waals surface area contributed by atoms with Gasteiger partial charge in [0.25, 0.3) is 0 Å². The molecule has 0 radical (unpaired) electrons. The third-order valence-electron chi connectivity index (χ3n) is 7.60. The lowest BCUT2D eigenvalue weighted by Gasteiger charge is -2.24. The molecule has 1 aliphatic carbocycles. The highest BCUT2D eigenvalue weighted by atomic mass is 32.1. The first-order chi connectivity index (χ1) is 18.7. The molecule has 1 aromatic carbocycles. The van der Waals surface area contributed by atoms with E-state index in [2.05, 4.69) is 79.2 Å². The van der Waals surface area contributed by atoms with Crippen molar-refractivity contribution in [2.75, 3.05) is 5.32 Å². The average molecular weight is 517 g/mol. The second kappa shape index (κ2) is 9.58. The van der Waals surface area contributed by atoms with E-state index < -0.39 is 0 Å². The van der Waals surface area contributed by atoms with Crippen molar-refractivity contribution in [3.05, 3.63) is 84.0 Å². The van der Waals surface area contributed by atoms with E-state index in [0.29, 0.717) is 5.92 Å². The van der Waals surface area contributed by atoms with E-state index in [-0.39, 0.29) is 0 Å². The molecule has 3 N–H and O–H groups in total. The van der Waals surface area contributed by atoms with Crippen LogP contribution in [-0.4, -0.2) is 25.1 Å². The molecule has 5 heterocycles. The van der Waals surface area contributed by atoms with Gasteiger partial charge in [0.05, 0.1) is 28.8 Å². The van der Waals surface area contributed by atoms with Crippen LogP contribution >= 0.6 is 11.3 Å². The Morgan fingerprint density at radius 2 is 1.89 bits per heavy atom. The fourth-order valence-electron chi connectivity index (χ4n) is 5.59. The molecule has 7 heteroatoms. The van der Waals surface area contributed by atoms with Gasteiger partial charge in [-0.3, -0.25) is 10.1 Å². The molecule has 1 aliphatic rings. The van der Waals surface area contributed by atoms with E-state index in [1.807, 2.05) is 24.5 Å². The maximum Gasteiger partial charge on any atom is 0.135 e. The minimum Gasteiger partial charge on any atom is -0.358 e. The van der Waals surface area contributed by atoms with Gasteiger partial charge in [-0.05, 0) is 77.0 Å². The monoisotopic (exact) mass is 516 g/mol. The average Bonchev–Trinajstić information content (AvgIpc) is 3.73. The topological polar surface area (TPSA) is 82.3 Å². The van der Waals surface area contributed by atoms with Crippen LogP contribution in [0.4, 0.5) is 5.69 Å². The van der Waals surface area contributed by atoms with Gasteiger partial charge >= 0.3 is 0 Å². The van der Waals surface area contributed by atoms with Gasteiger partial charge in [-0.25, -0.2) is 4.98 Å². The second-order valence-electron chi connectivity index (χ2n) is 10.1. The number of benzene rings is 1. The van der Waals surface area contributed by atoms with Crippen LogP contribution in [0.3, 0.4) is 0 Å². The third-order valence-corrected chi connectivity index (χ3v) is 8.28. The molecule has 0 unspecified atom stereocenters. The maximum atomic E-state index is 5.03. The van der Waals surface area contributed by atoms with E-state index in [0.717, 1.165) is 50.6 Å². The molecular weight excluding hydrogens is 488 g/mol. The molecule has 6 nitrogen and oxygen atoms in total. The van der Waals surface area contributed by atoms with Gasteiger partial charge in [0.2, 0.25) is 0 Å². The first kappa shape index (κ1) is 22.9. The zero-order valence-electron chi connectivity index (χ0n) is 21.0. The van der Waals surface area contributed by atoms with Crippen molar-refractivity contribution in [1.82, 2.24) is 25.1 Å². The third kappa shape index (κ3) is 4.19. The van der Waals surface area contributed by atoms with Crippen molar-refractivity contribution in [2.24, 2.45) is 5.92 Å². The standard InChI is InChI=1S/C31H28N6S/c1-19(20-6-3-2-4-7-20)33-23-14-22(16-32-17-23)26-10-11-28-30(35-26)31(37-36-28)29-15-25-24(21-12-13-38-18-21)8-5-9-27(25)34-29/h5,8-18,20,33-34H,1-4,6-7H2,(H,36,37). The maximum absolute atomic E-state index is 5.03. The second-order valence-corrected chi connectivity index (χ2v) is 10.9. The summed E-state index contributed by atoms with van der Waals surface area (Å²) in [6.45, 7) is 4.33. The number of hydrogen-bond acceptors (Lipinski definition) is 5.